The van der Waals surface area contributed by atoms with Crippen LogP contribution in [-0.2, 0) is 6.18 Å². The van der Waals surface area contributed by atoms with Crippen molar-refractivity contribution in [3.05, 3.63) is 29.8 Å². The van der Waals surface area contributed by atoms with E-state index in [-0.39, 0.29) is 12.1 Å². The summed E-state index contributed by atoms with van der Waals surface area (Å²) in [6, 6.07) is 6.17. The summed E-state index contributed by atoms with van der Waals surface area (Å²) in [6.45, 7) is 7.56. The fraction of sp³-hybridized carbons (Fsp3) is 0.625. The maximum absolute atomic E-state index is 13.2. The minimum absolute atomic E-state index is 0.0527. The molecule has 1 aliphatic rings. The fourth-order valence-electron chi connectivity index (χ4n) is 2.96. The van der Waals surface area contributed by atoms with Crippen molar-refractivity contribution >= 4 is 5.69 Å². The third-order valence-electron chi connectivity index (χ3n) is 3.93. The summed E-state index contributed by atoms with van der Waals surface area (Å²) >= 11 is 0. The molecule has 0 spiro atoms. The van der Waals surface area contributed by atoms with E-state index in [1.54, 1.807) is 12.1 Å². The molecule has 0 saturated carbocycles. The number of anilines is 1. The highest BCUT2D eigenvalue weighted by atomic mass is 19.4. The zero-order valence-electron chi connectivity index (χ0n) is 12.7. The SMILES string of the molecule is CC(C)CC1CN(c2ccccc2C(F)(F)F)C(C)CN1. The molecule has 1 heterocycles. The summed E-state index contributed by atoms with van der Waals surface area (Å²) in [5.41, 5.74) is -0.241. The van der Waals surface area contributed by atoms with Crippen LogP contribution in [0.4, 0.5) is 18.9 Å². The van der Waals surface area contributed by atoms with Crippen molar-refractivity contribution in [1.82, 2.24) is 5.32 Å². The Labute approximate surface area is 124 Å². The van der Waals surface area contributed by atoms with Gasteiger partial charge in [0.2, 0.25) is 0 Å². The van der Waals surface area contributed by atoms with E-state index in [1.807, 2.05) is 11.8 Å². The molecule has 118 valence electrons. The standard InChI is InChI=1S/C16H23F3N2/c1-11(2)8-13-10-21(12(3)9-20-13)15-7-5-4-6-14(15)16(17,18)19/h4-7,11-13,20H,8-10H2,1-3H3. The van der Waals surface area contributed by atoms with Crippen LogP contribution in [0, 0.1) is 5.92 Å². The summed E-state index contributed by atoms with van der Waals surface area (Å²) in [7, 11) is 0. The van der Waals surface area contributed by atoms with Gasteiger partial charge in [-0.05, 0) is 31.4 Å². The van der Waals surface area contributed by atoms with Crippen LogP contribution in [0.15, 0.2) is 24.3 Å². The second kappa shape index (κ2) is 6.26. The van der Waals surface area contributed by atoms with Crippen LogP contribution < -0.4 is 10.2 Å². The van der Waals surface area contributed by atoms with Crippen molar-refractivity contribution in [3.63, 3.8) is 0 Å². The van der Waals surface area contributed by atoms with E-state index in [9.17, 15) is 13.2 Å². The van der Waals surface area contributed by atoms with Crippen LogP contribution in [0.3, 0.4) is 0 Å². The molecule has 5 heteroatoms. The summed E-state index contributed by atoms with van der Waals surface area (Å²) in [5, 5.41) is 3.44. The third-order valence-corrected chi connectivity index (χ3v) is 3.93. The summed E-state index contributed by atoms with van der Waals surface area (Å²) in [4.78, 5) is 1.90. The molecule has 1 fully saturated rings. The van der Waals surface area contributed by atoms with E-state index in [0.717, 1.165) is 6.42 Å². The van der Waals surface area contributed by atoms with Crippen LogP contribution in [0.2, 0.25) is 0 Å². The molecular formula is C16H23F3N2. The van der Waals surface area contributed by atoms with E-state index in [0.29, 0.717) is 24.7 Å². The average Bonchev–Trinajstić information content (AvgIpc) is 2.39. The number of nitrogens with zero attached hydrogens (tertiary/aromatic N) is 1. The first-order valence-electron chi connectivity index (χ1n) is 7.45. The van der Waals surface area contributed by atoms with Gasteiger partial charge >= 0.3 is 6.18 Å². The van der Waals surface area contributed by atoms with E-state index in [4.69, 9.17) is 0 Å². The molecule has 1 aromatic rings. The summed E-state index contributed by atoms with van der Waals surface area (Å²) in [5.74, 6) is 0.524. The van der Waals surface area contributed by atoms with Crippen LogP contribution in [0.25, 0.3) is 0 Å². The molecule has 2 atom stereocenters. The molecule has 0 aliphatic carbocycles. The van der Waals surface area contributed by atoms with Crippen molar-refractivity contribution in [3.8, 4) is 0 Å². The number of benzene rings is 1. The molecule has 2 rings (SSSR count). The molecule has 1 aliphatic heterocycles. The summed E-state index contributed by atoms with van der Waals surface area (Å²) < 4.78 is 39.6. The number of hydrogen-bond donors (Lipinski definition) is 1. The zero-order chi connectivity index (χ0) is 15.6. The van der Waals surface area contributed by atoms with Gasteiger partial charge in [-0.25, -0.2) is 0 Å². The van der Waals surface area contributed by atoms with Crippen molar-refractivity contribution in [2.75, 3.05) is 18.0 Å². The van der Waals surface area contributed by atoms with Gasteiger partial charge in [-0.15, -0.1) is 0 Å². The van der Waals surface area contributed by atoms with Crippen molar-refractivity contribution in [2.24, 2.45) is 5.92 Å². The fourth-order valence-corrected chi connectivity index (χ4v) is 2.96. The molecule has 0 radical (unpaired) electrons. The Kier molecular flexibility index (Phi) is 4.81. The first-order valence-corrected chi connectivity index (χ1v) is 7.45. The molecule has 1 N–H and O–H groups in total. The lowest BCUT2D eigenvalue weighted by Crippen LogP contribution is -2.56. The number of para-hydroxylation sites is 1. The molecular weight excluding hydrogens is 277 g/mol. The van der Waals surface area contributed by atoms with Crippen molar-refractivity contribution in [1.29, 1.82) is 0 Å². The highest BCUT2D eigenvalue weighted by Crippen LogP contribution is 2.37. The molecule has 21 heavy (non-hydrogen) atoms. The van der Waals surface area contributed by atoms with Crippen molar-refractivity contribution < 1.29 is 13.2 Å². The Balaban J connectivity index is 2.27. The van der Waals surface area contributed by atoms with E-state index < -0.39 is 11.7 Å². The van der Waals surface area contributed by atoms with Gasteiger partial charge in [-0.1, -0.05) is 26.0 Å². The molecule has 2 unspecified atom stereocenters. The van der Waals surface area contributed by atoms with Gasteiger partial charge in [-0.3, -0.25) is 0 Å². The number of rotatable bonds is 3. The monoisotopic (exact) mass is 300 g/mol. The van der Waals surface area contributed by atoms with Gasteiger partial charge in [0.25, 0.3) is 0 Å². The lowest BCUT2D eigenvalue weighted by molar-refractivity contribution is -0.137. The number of alkyl halides is 3. The molecule has 0 amide bonds. The second-order valence-electron chi connectivity index (χ2n) is 6.25. The molecule has 0 aromatic heterocycles. The van der Waals surface area contributed by atoms with Gasteiger partial charge in [0.05, 0.1) is 5.56 Å². The maximum atomic E-state index is 13.2. The van der Waals surface area contributed by atoms with Gasteiger partial charge in [0.1, 0.15) is 0 Å². The Morgan fingerprint density at radius 1 is 1.29 bits per heavy atom. The minimum Gasteiger partial charge on any atom is -0.365 e. The topological polar surface area (TPSA) is 15.3 Å². The number of hydrogen-bond acceptors (Lipinski definition) is 2. The number of nitrogens with one attached hydrogen (secondary N) is 1. The lowest BCUT2D eigenvalue weighted by Gasteiger charge is -2.42. The van der Waals surface area contributed by atoms with Crippen LogP contribution in [0.1, 0.15) is 32.8 Å². The van der Waals surface area contributed by atoms with Gasteiger partial charge in [0, 0.05) is 30.9 Å². The molecule has 1 saturated heterocycles. The predicted molar refractivity (Wildman–Crippen MR) is 79.5 cm³/mol. The first kappa shape index (κ1) is 16.1. The Morgan fingerprint density at radius 2 is 1.95 bits per heavy atom. The number of piperazine rings is 1. The third kappa shape index (κ3) is 3.90. The zero-order valence-corrected chi connectivity index (χ0v) is 12.7. The Morgan fingerprint density at radius 3 is 2.57 bits per heavy atom. The van der Waals surface area contributed by atoms with E-state index in [2.05, 4.69) is 19.2 Å². The number of halogens is 3. The van der Waals surface area contributed by atoms with Gasteiger partial charge in [0.15, 0.2) is 0 Å². The van der Waals surface area contributed by atoms with E-state index in [1.165, 1.54) is 12.1 Å². The normalized spacial score (nSPS) is 23.7. The van der Waals surface area contributed by atoms with Crippen LogP contribution >= 0.6 is 0 Å². The quantitative estimate of drug-likeness (QED) is 0.910. The maximum Gasteiger partial charge on any atom is 0.418 e. The van der Waals surface area contributed by atoms with E-state index >= 15 is 0 Å². The van der Waals surface area contributed by atoms with Crippen LogP contribution in [-0.4, -0.2) is 25.2 Å². The molecule has 0 bridgehead atoms. The predicted octanol–water partition coefficient (Wildman–Crippen LogP) is 3.92. The van der Waals surface area contributed by atoms with Gasteiger partial charge in [-0.2, -0.15) is 13.2 Å². The van der Waals surface area contributed by atoms with Crippen LogP contribution in [0.5, 0.6) is 0 Å². The van der Waals surface area contributed by atoms with Gasteiger partial charge < -0.3 is 10.2 Å². The molecule has 2 nitrogen and oxygen atoms in total. The molecule has 1 aromatic carbocycles. The Hall–Kier alpha value is -1.23. The average molecular weight is 300 g/mol. The van der Waals surface area contributed by atoms with Crippen molar-refractivity contribution in [2.45, 2.75) is 45.5 Å². The smallest absolute Gasteiger partial charge is 0.365 e. The largest absolute Gasteiger partial charge is 0.418 e. The first-order chi connectivity index (χ1) is 9.79. The highest BCUT2D eigenvalue weighted by molar-refractivity contribution is 5.56. The highest BCUT2D eigenvalue weighted by Gasteiger charge is 2.36. The Bertz CT molecular complexity index is 471. The lowest BCUT2D eigenvalue weighted by atomic mass is 9.99. The summed E-state index contributed by atoms with van der Waals surface area (Å²) in [6.07, 6.45) is -3.34. The minimum atomic E-state index is -4.31. The second-order valence-corrected chi connectivity index (χ2v) is 6.25.